The Morgan fingerprint density at radius 2 is 2.05 bits per heavy atom. The molecule has 1 fully saturated rings. The fourth-order valence-corrected chi connectivity index (χ4v) is 2.41. The first kappa shape index (κ1) is 12.4. The third-order valence-electron chi connectivity index (χ3n) is 3.64. The monoisotopic (exact) mass is 257 g/mol. The minimum Gasteiger partial charge on any atom is -0.337 e. The third kappa shape index (κ3) is 2.54. The second-order valence-electron chi connectivity index (χ2n) is 5.38. The van der Waals surface area contributed by atoms with Gasteiger partial charge in [-0.1, -0.05) is 43.3 Å². The van der Waals surface area contributed by atoms with Crippen molar-refractivity contribution in [2.45, 2.75) is 38.6 Å². The number of rotatable bonds is 3. The number of hydrogen-bond acceptors (Lipinski definition) is 4. The predicted octanol–water partition coefficient (Wildman–Crippen LogP) is 3.28. The van der Waals surface area contributed by atoms with E-state index < -0.39 is 0 Å². The SMILES string of the molecule is CC(C)c1ccc(-c2noc([C@H]3CCCN3)n2)cc1. The van der Waals surface area contributed by atoms with Crippen LogP contribution in [0.15, 0.2) is 28.8 Å². The van der Waals surface area contributed by atoms with Gasteiger partial charge in [-0.25, -0.2) is 0 Å². The van der Waals surface area contributed by atoms with Gasteiger partial charge in [0.15, 0.2) is 0 Å². The summed E-state index contributed by atoms with van der Waals surface area (Å²) in [5.74, 6) is 1.93. The summed E-state index contributed by atoms with van der Waals surface area (Å²) < 4.78 is 5.36. The van der Waals surface area contributed by atoms with E-state index in [1.54, 1.807) is 0 Å². The molecule has 1 aliphatic heterocycles. The van der Waals surface area contributed by atoms with E-state index in [2.05, 4.69) is 53.6 Å². The molecular weight excluding hydrogens is 238 g/mol. The van der Waals surface area contributed by atoms with E-state index in [-0.39, 0.29) is 6.04 Å². The lowest BCUT2D eigenvalue weighted by atomic mass is 10.0. The Kier molecular flexibility index (Phi) is 3.34. The summed E-state index contributed by atoms with van der Waals surface area (Å²) in [6.07, 6.45) is 2.25. The van der Waals surface area contributed by atoms with Crippen LogP contribution in [0.5, 0.6) is 0 Å². The topological polar surface area (TPSA) is 51.0 Å². The van der Waals surface area contributed by atoms with E-state index in [0.717, 1.165) is 18.5 Å². The van der Waals surface area contributed by atoms with Crippen LogP contribution < -0.4 is 5.32 Å². The third-order valence-corrected chi connectivity index (χ3v) is 3.64. The van der Waals surface area contributed by atoms with Crippen molar-refractivity contribution in [3.8, 4) is 11.4 Å². The van der Waals surface area contributed by atoms with Crippen molar-refractivity contribution in [1.82, 2.24) is 15.5 Å². The molecule has 100 valence electrons. The number of benzene rings is 1. The van der Waals surface area contributed by atoms with Crippen LogP contribution in [0.3, 0.4) is 0 Å². The molecule has 1 N–H and O–H groups in total. The standard InChI is InChI=1S/C15H19N3O/c1-10(2)11-5-7-12(8-6-11)14-17-15(19-18-14)13-4-3-9-16-13/h5-8,10,13,16H,3-4,9H2,1-2H3/t13-/m1/s1. The van der Waals surface area contributed by atoms with Gasteiger partial charge in [0.2, 0.25) is 11.7 Å². The molecule has 0 spiro atoms. The van der Waals surface area contributed by atoms with Crippen LogP contribution >= 0.6 is 0 Å². The fourth-order valence-electron chi connectivity index (χ4n) is 2.41. The molecule has 1 aromatic heterocycles. The Bertz CT molecular complexity index is 539. The van der Waals surface area contributed by atoms with Crippen LogP contribution in [-0.4, -0.2) is 16.7 Å². The Balaban J connectivity index is 1.81. The van der Waals surface area contributed by atoms with Crippen molar-refractivity contribution in [3.05, 3.63) is 35.7 Å². The van der Waals surface area contributed by atoms with Crippen molar-refractivity contribution in [3.63, 3.8) is 0 Å². The first-order valence-electron chi connectivity index (χ1n) is 6.91. The number of hydrogen-bond donors (Lipinski definition) is 1. The minimum atomic E-state index is 0.233. The lowest BCUT2D eigenvalue weighted by Gasteiger charge is -2.04. The second-order valence-corrected chi connectivity index (χ2v) is 5.38. The molecule has 2 heterocycles. The van der Waals surface area contributed by atoms with Crippen LogP contribution in [0.2, 0.25) is 0 Å². The Morgan fingerprint density at radius 3 is 2.68 bits per heavy atom. The smallest absolute Gasteiger partial charge is 0.244 e. The minimum absolute atomic E-state index is 0.233. The highest BCUT2D eigenvalue weighted by molar-refractivity contribution is 5.54. The average molecular weight is 257 g/mol. The molecule has 0 bridgehead atoms. The van der Waals surface area contributed by atoms with Crippen molar-refractivity contribution < 1.29 is 4.52 Å². The lowest BCUT2D eigenvalue weighted by Crippen LogP contribution is -2.12. The van der Waals surface area contributed by atoms with E-state index in [1.165, 1.54) is 12.0 Å². The largest absolute Gasteiger partial charge is 0.337 e. The van der Waals surface area contributed by atoms with Crippen LogP contribution in [-0.2, 0) is 0 Å². The van der Waals surface area contributed by atoms with Gasteiger partial charge in [-0.15, -0.1) is 0 Å². The molecule has 1 aromatic carbocycles. The molecule has 0 aliphatic carbocycles. The molecule has 0 radical (unpaired) electrons. The first-order valence-corrected chi connectivity index (χ1v) is 6.91. The quantitative estimate of drug-likeness (QED) is 0.916. The first-order chi connectivity index (χ1) is 9.24. The number of nitrogens with one attached hydrogen (secondary N) is 1. The van der Waals surface area contributed by atoms with Crippen LogP contribution in [0, 0.1) is 0 Å². The molecule has 2 aromatic rings. The second kappa shape index (κ2) is 5.13. The molecular formula is C15H19N3O. The molecule has 3 rings (SSSR count). The summed E-state index contributed by atoms with van der Waals surface area (Å²) in [5, 5.41) is 7.44. The van der Waals surface area contributed by atoms with Gasteiger partial charge >= 0.3 is 0 Å². The van der Waals surface area contributed by atoms with E-state index >= 15 is 0 Å². The van der Waals surface area contributed by atoms with Crippen molar-refractivity contribution >= 4 is 0 Å². The maximum atomic E-state index is 5.36. The maximum Gasteiger partial charge on any atom is 0.244 e. The van der Waals surface area contributed by atoms with Gasteiger partial charge < -0.3 is 9.84 Å². The van der Waals surface area contributed by atoms with E-state index in [4.69, 9.17) is 4.52 Å². The van der Waals surface area contributed by atoms with Crippen LogP contribution in [0.25, 0.3) is 11.4 Å². The van der Waals surface area contributed by atoms with Gasteiger partial charge in [-0.05, 0) is 30.9 Å². The van der Waals surface area contributed by atoms with Crippen molar-refractivity contribution in [2.24, 2.45) is 0 Å². The molecule has 4 heteroatoms. The number of aromatic nitrogens is 2. The molecule has 19 heavy (non-hydrogen) atoms. The Labute approximate surface area is 113 Å². The lowest BCUT2D eigenvalue weighted by molar-refractivity contribution is 0.345. The van der Waals surface area contributed by atoms with Crippen molar-refractivity contribution in [1.29, 1.82) is 0 Å². The molecule has 0 unspecified atom stereocenters. The van der Waals surface area contributed by atoms with Crippen LogP contribution in [0.4, 0.5) is 0 Å². The van der Waals surface area contributed by atoms with Gasteiger partial charge in [0.25, 0.3) is 0 Å². The molecule has 4 nitrogen and oxygen atoms in total. The maximum absolute atomic E-state index is 5.36. The van der Waals surface area contributed by atoms with Gasteiger partial charge in [0.1, 0.15) is 0 Å². The summed E-state index contributed by atoms with van der Waals surface area (Å²) in [4.78, 5) is 4.50. The average Bonchev–Trinajstić information content (AvgIpc) is 3.10. The van der Waals surface area contributed by atoms with Crippen LogP contribution in [0.1, 0.15) is 50.1 Å². The highest BCUT2D eigenvalue weighted by Gasteiger charge is 2.22. The highest BCUT2D eigenvalue weighted by atomic mass is 16.5. The highest BCUT2D eigenvalue weighted by Crippen LogP contribution is 2.25. The molecule has 1 atom stereocenters. The van der Waals surface area contributed by atoms with E-state index in [1.807, 2.05) is 0 Å². The van der Waals surface area contributed by atoms with Gasteiger partial charge in [-0.3, -0.25) is 0 Å². The summed E-state index contributed by atoms with van der Waals surface area (Å²) >= 11 is 0. The zero-order valence-corrected chi connectivity index (χ0v) is 11.4. The fraction of sp³-hybridized carbons (Fsp3) is 0.467. The normalized spacial score (nSPS) is 19.2. The Hall–Kier alpha value is -1.68. The summed E-state index contributed by atoms with van der Waals surface area (Å²) in [5.41, 5.74) is 2.34. The van der Waals surface area contributed by atoms with Crippen molar-refractivity contribution in [2.75, 3.05) is 6.54 Å². The summed E-state index contributed by atoms with van der Waals surface area (Å²) in [7, 11) is 0. The zero-order valence-electron chi connectivity index (χ0n) is 11.4. The van der Waals surface area contributed by atoms with E-state index in [0.29, 0.717) is 17.6 Å². The van der Waals surface area contributed by atoms with E-state index in [9.17, 15) is 0 Å². The van der Waals surface area contributed by atoms with Gasteiger partial charge in [0, 0.05) is 5.56 Å². The van der Waals surface area contributed by atoms with Gasteiger partial charge in [-0.2, -0.15) is 4.98 Å². The molecule has 1 aliphatic rings. The zero-order chi connectivity index (χ0) is 13.2. The van der Waals surface area contributed by atoms with Gasteiger partial charge in [0.05, 0.1) is 6.04 Å². The number of nitrogens with zero attached hydrogens (tertiary/aromatic N) is 2. The molecule has 0 amide bonds. The summed E-state index contributed by atoms with van der Waals surface area (Å²) in [6, 6.07) is 8.61. The Morgan fingerprint density at radius 1 is 1.26 bits per heavy atom. The molecule has 1 saturated heterocycles. The predicted molar refractivity (Wildman–Crippen MR) is 73.8 cm³/mol. The summed E-state index contributed by atoms with van der Waals surface area (Å²) in [6.45, 7) is 5.41. The molecule has 0 saturated carbocycles.